The molecule has 1 heterocycles. The zero-order chi connectivity index (χ0) is 28.5. The molecule has 0 spiro atoms. The Morgan fingerprint density at radius 3 is 2.15 bits per heavy atom. The first-order valence-corrected chi connectivity index (χ1v) is 12.5. The van der Waals surface area contributed by atoms with Gasteiger partial charge >= 0.3 is 5.97 Å². The Morgan fingerprint density at radius 1 is 0.923 bits per heavy atom. The number of carboxylic acid groups (broad SMARTS) is 1. The van der Waals surface area contributed by atoms with E-state index in [4.69, 9.17) is 11.5 Å². The van der Waals surface area contributed by atoms with E-state index in [1.807, 2.05) is 0 Å². The van der Waals surface area contributed by atoms with Crippen molar-refractivity contribution in [3.05, 3.63) is 65.7 Å². The number of aromatic hydroxyl groups is 1. The summed E-state index contributed by atoms with van der Waals surface area (Å²) in [5.41, 5.74) is 12.3. The Morgan fingerprint density at radius 2 is 1.54 bits per heavy atom. The highest BCUT2D eigenvalue weighted by Gasteiger charge is 2.39. The smallest absolute Gasteiger partial charge is 0.326 e. The van der Waals surface area contributed by atoms with Crippen LogP contribution in [0.25, 0.3) is 0 Å². The lowest BCUT2D eigenvalue weighted by Crippen LogP contribution is -2.57. The van der Waals surface area contributed by atoms with Crippen LogP contribution < -0.4 is 22.1 Å². The molecule has 8 N–H and O–H groups in total. The van der Waals surface area contributed by atoms with Crippen molar-refractivity contribution in [1.29, 1.82) is 0 Å². The molecule has 12 heteroatoms. The van der Waals surface area contributed by atoms with Crippen LogP contribution in [0.5, 0.6) is 5.75 Å². The molecule has 39 heavy (non-hydrogen) atoms. The lowest BCUT2D eigenvalue weighted by Gasteiger charge is -2.30. The summed E-state index contributed by atoms with van der Waals surface area (Å²) in [7, 11) is 0. The minimum absolute atomic E-state index is 0.0214. The van der Waals surface area contributed by atoms with Gasteiger partial charge < -0.3 is 37.2 Å². The largest absolute Gasteiger partial charge is 0.508 e. The predicted octanol–water partition coefficient (Wildman–Crippen LogP) is -0.575. The second kappa shape index (κ2) is 13.4. The molecule has 1 fully saturated rings. The molecule has 4 unspecified atom stereocenters. The van der Waals surface area contributed by atoms with E-state index in [1.54, 1.807) is 42.5 Å². The molecule has 208 valence electrons. The number of carbonyl (C=O) groups excluding carboxylic acids is 4. The number of hydrogen-bond acceptors (Lipinski definition) is 7. The number of nitrogens with two attached hydrogens (primary N) is 2. The van der Waals surface area contributed by atoms with Crippen molar-refractivity contribution in [3.63, 3.8) is 0 Å². The number of benzene rings is 2. The lowest BCUT2D eigenvalue weighted by molar-refractivity contribution is -0.144. The van der Waals surface area contributed by atoms with Crippen molar-refractivity contribution >= 4 is 29.6 Å². The van der Waals surface area contributed by atoms with Crippen LogP contribution in [0.2, 0.25) is 0 Å². The molecule has 1 aliphatic heterocycles. The number of amides is 4. The summed E-state index contributed by atoms with van der Waals surface area (Å²) >= 11 is 0. The number of hydrogen-bond donors (Lipinski definition) is 6. The molecule has 0 aromatic heterocycles. The number of primary amides is 1. The number of carboxylic acids is 1. The fourth-order valence-electron chi connectivity index (χ4n) is 4.48. The summed E-state index contributed by atoms with van der Waals surface area (Å²) in [4.78, 5) is 63.9. The first kappa shape index (κ1) is 29.1. The van der Waals surface area contributed by atoms with Gasteiger partial charge in [-0.3, -0.25) is 19.2 Å². The minimum Gasteiger partial charge on any atom is -0.508 e. The average molecular weight is 540 g/mol. The molecule has 0 aliphatic carbocycles. The second-order valence-corrected chi connectivity index (χ2v) is 9.49. The monoisotopic (exact) mass is 539 g/mol. The topological polar surface area (TPSA) is 205 Å². The van der Waals surface area contributed by atoms with Gasteiger partial charge in [-0.15, -0.1) is 0 Å². The second-order valence-electron chi connectivity index (χ2n) is 9.49. The number of phenolic OH excluding ortho intramolecular Hbond substituents is 1. The normalized spacial score (nSPS) is 17.1. The number of carbonyl (C=O) groups is 5. The summed E-state index contributed by atoms with van der Waals surface area (Å²) in [6.45, 7) is 0.237. The van der Waals surface area contributed by atoms with Gasteiger partial charge in [-0.25, -0.2) is 4.79 Å². The van der Waals surface area contributed by atoms with Gasteiger partial charge in [0.05, 0.1) is 12.5 Å². The summed E-state index contributed by atoms with van der Waals surface area (Å²) in [6, 6.07) is 10.4. The highest BCUT2D eigenvalue weighted by Crippen LogP contribution is 2.21. The lowest BCUT2D eigenvalue weighted by atomic mass is 10.0. The van der Waals surface area contributed by atoms with Crippen molar-refractivity contribution < 1.29 is 34.2 Å². The summed E-state index contributed by atoms with van der Waals surface area (Å²) in [6.07, 6.45) is 0.512. The molecule has 0 saturated carbocycles. The third-order valence-electron chi connectivity index (χ3n) is 6.48. The molecule has 2 aromatic rings. The number of nitrogens with one attached hydrogen (secondary N) is 2. The van der Waals surface area contributed by atoms with Crippen molar-refractivity contribution in [1.82, 2.24) is 15.5 Å². The zero-order valence-corrected chi connectivity index (χ0v) is 21.3. The third kappa shape index (κ3) is 8.27. The molecule has 12 nitrogen and oxygen atoms in total. The fraction of sp³-hybridized carbons (Fsp3) is 0.370. The molecule has 0 bridgehead atoms. The Kier molecular flexibility index (Phi) is 9.98. The summed E-state index contributed by atoms with van der Waals surface area (Å²) in [5, 5.41) is 24.3. The number of rotatable bonds is 12. The Hall–Kier alpha value is -4.45. The van der Waals surface area contributed by atoms with E-state index in [2.05, 4.69) is 10.6 Å². The van der Waals surface area contributed by atoms with Crippen molar-refractivity contribution in [2.24, 2.45) is 11.5 Å². The Bertz CT molecular complexity index is 1190. The molecular formula is C27H33N5O7. The summed E-state index contributed by atoms with van der Waals surface area (Å²) < 4.78 is 0. The number of nitrogens with zero attached hydrogens (tertiary/aromatic N) is 1. The van der Waals surface area contributed by atoms with Crippen LogP contribution in [0, 0.1) is 0 Å². The van der Waals surface area contributed by atoms with Gasteiger partial charge in [-0.1, -0.05) is 42.5 Å². The maximum Gasteiger partial charge on any atom is 0.326 e. The van der Waals surface area contributed by atoms with E-state index in [0.29, 0.717) is 18.4 Å². The molecule has 1 saturated heterocycles. The van der Waals surface area contributed by atoms with E-state index in [9.17, 15) is 34.2 Å². The Labute approximate surface area is 225 Å². The number of likely N-dealkylation sites (tertiary alicyclic amines) is 1. The van der Waals surface area contributed by atoms with E-state index in [0.717, 1.165) is 5.56 Å². The van der Waals surface area contributed by atoms with E-state index < -0.39 is 60.2 Å². The molecular weight excluding hydrogens is 506 g/mol. The highest BCUT2D eigenvalue weighted by atomic mass is 16.4. The molecule has 3 rings (SSSR count). The van der Waals surface area contributed by atoms with Crippen LogP contribution in [-0.2, 0) is 36.8 Å². The van der Waals surface area contributed by atoms with Crippen LogP contribution in [0.1, 0.15) is 30.4 Å². The molecule has 0 radical (unpaired) electrons. The van der Waals surface area contributed by atoms with Crippen molar-refractivity contribution in [2.45, 2.75) is 56.3 Å². The van der Waals surface area contributed by atoms with Gasteiger partial charge in [-0.05, 0) is 36.1 Å². The SMILES string of the molecule is NC(=O)CC(N)C(=O)NC(Cc1ccccc1)C(=O)N1CCCC1C(=O)NC(Cc1ccc(O)cc1)C(=O)O. The number of aliphatic carboxylic acids is 1. The summed E-state index contributed by atoms with van der Waals surface area (Å²) in [5.74, 6) is -3.86. The van der Waals surface area contributed by atoms with Crippen LogP contribution in [0.15, 0.2) is 54.6 Å². The molecule has 4 amide bonds. The average Bonchev–Trinajstić information content (AvgIpc) is 3.39. The molecule has 2 aromatic carbocycles. The minimum atomic E-state index is -1.26. The first-order chi connectivity index (χ1) is 18.5. The van der Waals surface area contributed by atoms with Crippen LogP contribution >= 0.6 is 0 Å². The maximum absolute atomic E-state index is 13.6. The Balaban J connectivity index is 1.75. The van der Waals surface area contributed by atoms with E-state index >= 15 is 0 Å². The molecule has 1 aliphatic rings. The van der Waals surface area contributed by atoms with Crippen molar-refractivity contribution in [2.75, 3.05) is 6.54 Å². The highest BCUT2D eigenvalue weighted by molar-refractivity contribution is 5.95. The van der Waals surface area contributed by atoms with E-state index in [1.165, 1.54) is 17.0 Å². The quantitative estimate of drug-likeness (QED) is 0.205. The van der Waals surface area contributed by atoms with Gasteiger partial charge in [0.2, 0.25) is 23.6 Å². The van der Waals surface area contributed by atoms with Crippen LogP contribution in [0.3, 0.4) is 0 Å². The fourth-order valence-corrected chi connectivity index (χ4v) is 4.48. The van der Waals surface area contributed by atoms with Gasteiger partial charge in [-0.2, -0.15) is 0 Å². The van der Waals surface area contributed by atoms with Gasteiger partial charge in [0, 0.05) is 19.4 Å². The number of phenols is 1. The van der Waals surface area contributed by atoms with Crippen molar-refractivity contribution in [3.8, 4) is 5.75 Å². The van der Waals surface area contributed by atoms with Crippen LogP contribution in [0.4, 0.5) is 0 Å². The van der Waals surface area contributed by atoms with Crippen LogP contribution in [-0.4, -0.2) is 75.4 Å². The molecule has 4 atom stereocenters. The van der Waals surface area contributed by atoms with Gasteiger partial charge in [0.15, 0.2) is 0 Å². The first-order valence-electron chi connectivity index (χ1n) is 12.5. The van der Waals surface area contributed by atoms with Gasteiger partial charge in [0.1, 0.15) is 23.9 Å². The third-order valence-corrected chi connectivity index (χ3v) is 6.48. The van der Waals surface area contributed by atoms with E-state index in [-0.39, 0.29) is 25.1 Å². The predicted molar refractivity (Wildman–Crippen MR) is 140 cm³/mol. The standard InChI is InChI=1S/C27H33N5O7/c28-19(15-23(29)34)24(35)30-20(13-16-5-2-1-3-6-16)26(37)32-12-4-7-22(32)25(36)31-21(27(38)39)14-17-8-10-18(33)11-9-17/h1-3,5-6,8-11,19-22,33H,4,7,12-15,28H2,(H2,29,34)(H,30,35)(H,31,36)(H,38,39). The zero-order valence-electron chi connectivity index (χ0n) is 21.3. The maximum atomic E-state index is 13.6. The van der Waals surface area contributed by atoms with Gasteiger partial charge in [0.25, 0.3) is 0 Å².